The molecule has 2 aromatic carbocycles. The number of fused-ring (bicyclic) bond motifs is 1. The number of hydrogen-bond donors (Lipinski definition) is 0. The molecular formula is C26H32ClN3O2. The van der Waals surface area contributed by atoms with Crippen LogP contribution in [-0.2, 0) is 4.79 Å². The van der Waals surface area contributed by atoms with Crippen molar-refractivity contribution >= 4 is 28.4 Å². The zero-order valence-corrected chi connectivity index (χ0v) is 20.2. The first kappa shape index (κ1) is 24.0. The fourth-order valence-electron chi connectivity index (χ4n) is 4.01. The van der Waals surface area contributed by atoms with E-state index in [1.54, 1.807) is 16.7 Å². The maximum absolute atomic E-state index is 13.7. The molecule has 0 aliphatic heterocycles. The molecule has 1 atom stereocenters. The molecule has 5 nitrogen and oxygen atoms in total. The summed E-state index contributed by atoms with van der Waals surface area (Å²) in [5, 5.41) is 1.16. The summed E-state index contributed by atoms with van der Waals surface area (Å²) in [6.45, 7) is 8.73. The van der Waals surface area contributed by atoms with Gasteiger partial charge in [-0.25, -0.2) is 4.98 Å². The van der Waals surface area contributed by atoms with Gasteiger partial charge in [-0.2, -0.15) is 0 Å². The molecule has 0 radical (unpaired) electrons. The quantitative estimate of drug-likeness (QED) is 0.386. The van der Waals surface area contributed by atoms with Gasteiger partial charge in [0.25, 0.3) is 5.56 Å². The van der Waals surface area contributed by atoms with Crippen LogP contribution in [0.4, 0.5) is 0 Å². The van der Waals surface area contributed by atoms with Gasteiger partial charge in [0.15, 0.2) is 0 Å². The van der Waals surface area contributed by atoms with Crippen molar-refractivity contribution in [2.75, 3.05) is 6.54 Å². The van der Waals surface area contributed by atoms with Crippen molar-refractivity contribution in [1.29, 1.82) is 0 Å². The van der Waals surface area contributed by atoms with E-state index < -0.39 is 0 Å². The van der Waals surface area contributed by atoms with E-state index in [4.69, 9.17) is 16.6 Å². The van der Waals surface area contributed by atoms with E-state index in [2.05, 4.69) is 13.8 Å². The molecule has 3 rings (SSSR count). The van der Waals surface area contributed by atoms with E-state index >= 15 is 0 Å². The normalized spacial score (nSPS) is 12.2. The number of carbonyl (C=O) groups excluding carboxylic acids is 1. The molecule has 0 saturated heterocycles. The third-order valence-corrected chi connectivity index (χ3v) is 6.09. The van der Waals surface area contributed by atoms with E-state index in [0.29, 0.717) is 34.7 Å². The molecule has 3 aromatic rings. The van der Waals surface area contributed by atoms with E-state index in [-0.39, 0.29) is 17.5 Å². The van der Waals surface area contributed by atoms with Crippen molar-refractivity contribution in [3.05, 3.63) is 69.2 Å². The number of carbonyl (C=O) groups is 1. The maximum Gasteiger partial charge on any atom is 0.266 e. The first-order valence-corrected chi connectivity index (χ1v) is 11.8. The Balaban J connectivity index is 2.22. The lowest BCUT2D eigenvalue weighted by Gasteiger charge is -2.31. The summed E-state index contributed by atoms with van der Waals surface area (Å²) in [7, 11) is 0. The summed E-state index contributed by atoms with van der Waals surface area (Å²) >= 11 is 6.18. The third kappa shape index (κ3) is 5.04. The van der Waals surface area contributed by atoms with Crippen LogP contribution >= 0.6 is 11.6 Å². The Morgan fingerprint density at radius 3 is 2.53 bits per heavy atom. The van der Waals surface area contributed by atoms with Gasteiger partial charge >= 0.3 is 0 Å². The van der Waals surface area contributed by atoms with Crippen molar-refractivity contribution in [1.82, 2.24) is 14.5 Å². The van der Waals surface area contributed by atoms with Gasteiger partial charge < -0.3 is 4.90 Å². The number of hydrogen-bond acceptors (Lipinski definition) is 3. The zero-order valence-electron chi connectivity index (χ0n) is 19.4. The number of aryl methyl sites for hydroxylation is 1. The van der Waals surface area contributed by atoms with E-state index in [9.17, 15) is 9.59 Å². The molecule has 0 bridgehead atoms. The molecule has 1 heterocycles. The van der Waals surface area contributed by atoms with Crippen molar-refractivity contribution in [3.8, 4) is 5.69 Å². The van der Waals surface area contributed by atoms with Crippen LogP contribution in [0.5, 0.6) is 0 Å². The molecule has 1 aromatic heterocycles. The Morgan fingerprint density at radius 2 is 1.84 bits per heavy atom. The molecule has 0 saturated carbocycles. The largest absolute Gasteiger partial charge is 0.333 e. The number of benzene rings is 2. The highest BCUT2D eigenvalue weighted by Crippen LogP contribution is 2.26. The molecule has 0 N–H and O–H groups in total. The standard InChI is InChI=1S/C26H32ClN3O2/c1-5-7-13-24(31)29(16-8-6-2)19(4)25-28-22-12-10-9-11-21(22)26(32)30(25)23-15-14-20(27)17-18(23)3/h9-12,14-15,17,19H,5-8,13,16H2,1-4H3. The van der Waals surface area contributed by atoms with Crippen molar-refractivity contribution in [2.24, 2.45) is 0 Å². The number of rotatable bonds is 9. The smallest absolute Gasteiger partial charge is 0.266 e. The summed E-state index contributed by atoms with van der Waals surface area (Å²) < 4.78 is 1.66. The predicted octanol–water partition coefficient (Wildman–Crippen LogP) is 6.23. The number of amides is 1. The first-order valence-electron chi connectivity index (χ1n) is 11.5. The highest BCUT2D eigenvalue weighted by molar-refractivity contribution is 6.30. The second-order valence-corrected chi connectivity index (χ2v) is 8.72. The number of para-hydroxylation sites is 1. The van der Waals surface area contributed by atoms with Gasteiger partial charge in [0.05, 0.1) is 22.6 Å². The summed E-state index contributed by atoms with van der Waals surface area (Å²) in [5.41, 5.74) is 2.11. The third-order valence-electron chi connectivity index (χ3n) is 5.86. The fourth-order valence-corrected chi connectivity index (χ4v) is 4.23. The maximum atomic E-state index is 13.7. The lowest BCUT2D eigenvalue weighted by atomic mass is 10.1. The van der Waals surface area contributed by atoms with Gasteiger partial charge in [0.1, 0.15) is 5.82 Å². The van der Waals surface area contributed by atoms with Gasteiger partial charge in [-0.1, -0.05) is 50.4 Å². The Kier molecular flexibility index (Phi) is 8.08. The Hall–Kier alpha value is -2.66. The van der Waals surface area contributed by atoms with E-state index in [1.807, 2.05) is 49.1 Å². The van der Waals surface area contributed by atoms with Gasteiger partial charge in [-0.05, 0) is 62.6 Å². The lowest BCUT2D eigenvalue weighted by molar-refractivity contribution is -0.133. The van der Waals surface area contributed by atoms with Crippen LogP contribution in [0.1, 0.15) is 70.3 Å². The number of aromatic nitrogens is 2. The second-order valence-electron chi connectivity index (χ2n) is 8.28. The number of nitrogens with zero attached hydrogens (tertiary/aromatic N) is 3. The molecule has 32 heavy (non-hydrogen) atoms. The SMILES string of the molecule is CCCCC(=O)N(CCCC)C(C)c1nc2ccccc2c(=O)n1-c1ccc(Cl)cc1C. The molecule has 6 heteroatoms. The highest BCUT2D eigenvalue weighted by Gasteiger charge is 2.26. The van der Waals surface area contributed by atoms with Gasteiger partial charge in [0.2, 0.25) is 5.91 Å². The monoisotopic (exact) mass is 453 g/mol. The minimum absolute atomic E-state index is 0.106. The van der Waals surface area contributed by atoms with Gasteiger partial charge in [-0.3, -0.25) is 14.2 Å². The molecule has 0 aliphatic carbocycles. The zero-order chi connectivity index (χ0) is 23.3. The van der Waals surface area contributed by atoms with Crippen molar-refractivity contribution < 1.29 is 4.79 Å². The first-order chi connectivity index (χ1) is 15.4. The van der Waals surface area contributed by atoms with E-state index in [1.165, 1.54) is 0 Å². The minimum Gasteiger partial charge on any atom is -0.333 e. The Labute approximate surface area is 195 Å². The average Bonchev–Trinajstić information content (AvgIpc) is 2.78. The molecular weight excluding hydrogens is 422 g/mol. The summed E-state index contributed by atoms with van der Waals surface area (Å²) in [6.07, 6.45) is 4.20. The van der Waals surface area contributed by atoms with Crippen LogP contribution < -0.4 is 5.56 Å². The van der Waals surface area contributed by atoms with Crippen LogP contribution in [0.3, 0.4) is 0 Å². The molecule has 1 unspecified atom stereocenters. The Morgan fingerprint density at radius 1 is 1.12 bits per heavy atom. The molecule has 0 spiro atoms. The lowest BCUT2D eigenvalue weighted by Crippen LogP contribution is -2.38. The average molecular weight is 454 g/mol. The summed E-state index contributed by atoms with van der Waals surface area (Å²) in [5.74, 6) is 0.676. The van der Waals surface area contributed by atoms with Crippen LogP contribution in [0.2, 0.25) is 5.02 Å². The predicted molar refractivity (Wildman–Crippen MR) is 132 cm³/mol. The van der Waals surface area contributed by atoms with Crippen LogP contribution in [0, 0.1) is 6.92 Å². The van der Waals surface area contributed by atoms with Gasteiger partial charge in [0, 0.05) is 18.0 Å². The summed E-state index contributed by atoms with van der Waals surface area (Å²) in [6, 6.07) is 12.5. The second kappa shape index (κ2) is 10.8. The van der Waals surface area contributed by atoms with Crippen molar-refractivity contribution in [3.63, 3.8) is 0 Å². The van der Waals surface area contributed by atoms with E-state index in [0.717, 1.165) is 36.9 Å². The molecule has 0 aliphatic rings. The van der Waals surface area contributed by atoms with Crippen LogP contribution in [-0.4, -0.2) is 26.9 Å². The fraction of sp³-hybridized carbons (Fsp3) is 0.423. The number of unbranched alkanes of at least 4 members (excludes halogenated alkanes) is 2. The number of halogens is 1. The minimum atomic E-state index is -0.349. The molecule has 0 fully saturated rings. The Bertz CT molecular complexity index is 1160. The van der Waals surface area contributed by atoms with Crippen molar-refractivity contribution in [2.45, 2.75) is 65.8 Å². The molecule has 170 valence electrons. The summed E-state index contributed by atoms with van der Waals surface area (Å²) in [4.78, 5) is 33.6. The van der Waals surface area contributed by atoms with Crippen LogP contribution in [0.25, 0.3) is 16.6 Å². The van der Waals surface area contributed by atoms with Gasteiger partial charge in [-0.15, -0.1) is 0 Å². The highest BCUT2D eigenvalue weighted by atomic mass is 35.5. The molecule has 1 amide bonds. The topological polar surface area (TPSA) is 55.2 Å². The van der Waals surface area contributed by atoms with Crippen LogP contribution in [0.15, 0.2) is 47.3 Å².